The van der Waals surface area contributed by atoms with Crippen molar-refractivity contribution in [3.63, 3.8) is 0 Å². The van der Waals surface area contributed by atoms with Crippen LogP contribution in [-0.4, -0.2) is 16.5 Å². The van der Waals surface area contributed by atoms with Gasteiger partial charge < -0.3 is 5.32 Å². The Morgan fingerprint density at radius 2 is 1.55 bits per heavy atom. The monoisotopic (exact) mass is 400 g/mol. The van der Waals surface area contributed by atoms with Crippen LogP contribution in [0.1, 0.15) is 16.7 Å². The summed E-state index contributed by atoms with van der Waals surface area (Å²) in [5, 5.41) is 2.27. The SMILES string of the molecule is Cc1cccc(N2C(=O)SC(Nc3ccc(/C=C/c4ccccc4)cc3)C2=O)c1. The lowest BCUT2D eigenvalue weighted by Crippen LogP contribution is -2.34. The van der Waals surface area contributed by atoms with Gasteiger partial charge in [0.1, 0.15) is 0 Å². The van der Waals surface area contributed by atoms with Crippen LogP contribution >= 0.6 is 11.8 Å². The summed E-state index contributed by atoms with van der Waals surface area (Å²) >= 11 is 1.00. The number of aryl methyl sites for hydroxylation is 1. The van der Waals surface area contributed by atoms with Crippen LogP contribution in [-0.2, 0) is 4.79 Å². The van der Waals surface area contributed by atoms with E-state index in [1.807, 2.05) is 85.8 Å². The molecule has 0 saturated carbocycles. The molecule has 1 saturated heterocycles. The largest absolute Gasteiger partial charge is 0.365 e. The molecule has 2 amide bonds. The zero-order valence-electron chi connectivity index (χ0n) is 15.9. The summed E-state index contributed by atoms with van der Waals surface area (Å²) in [5.74, 6) is -0.251. The molecule has 1 fully saturated rings. The van der Waals surface area contributed by atoms with Crippen molar-refractivity contribution in [2.24, 2.45) is 0 Å². The number of carbonyl (C=O) groups is 2. The summed E-state index contributed by atoms with van der Waals surface area (Å²) in [6.07, 6.45) is 4.09. The minimum Gasteiger partial charge on any atom is -0.365 e. The maximum absolute atomic E-state index is 12.8. The van der Waals surface area contributed by atoms with Crippen molar-refractivity contribution in [2.45, 2.75) is 12.3 Å². The fourth-order valence-corrected chi connectivity index (χ4v) is 4.00. The number of benzene rings is 3. The second-order valence-electron chi connectivity index (χ2n) is 6.79. The lowest BCUT2D eigenvalue weighted by molar-refractivity contribution is -0.116. The quantitative estimate of drug-likeness (QED) is 0.550. The molecule has 1 atom stereocenters. The molecule has 0 radical (unpaired) electrons. The summed E-state index contributed by atoms with van der Waals surface area (Å²) in [7, 11) is 0. The van der Waals surface area contributed by atoms with Crippen molar-refractivity contribution < 1.29 is 9.59 Å². The molecule has 0 aromatic heterocycles. The second-order valence-corrected chi connectivity index (χ2v) is 7.84. The van der Waals surface area contributed by atoms with Crippen LogP contribution < -0.4 is 10.2 Å². The maximum Gasteiger partial charge on any atom is 0.295 e. The highest BCUT2D eigenvalue weighted by molar-refractivity contribution is 8.16. The normalized spacial score (nSPS) is 16.6. The van der Waals surface area contributed by atoms with Crippen molar-refractivity contribution in [3.05, 3.63) is 95.6 Å². The van der Waals surface area contributed by atoms with Gasteiger partial charge in [-0.05, 0) is 59.6 Å². The highest BCUT2D eigenvalue weighted by atomic mass is 32.2. The number of hydrogen-bond acceptors (Lipinski definition) is 4. The lowest BCUT2D eigenvalue weighted by Gasteiger charge is -2.15. The fraction of sp³-hybridized carbons (Fsp3) is 0.0833. The number of imide groups is 1. The van der Waals surface area contributed by atoms with Gasteiger partial charge in [-0.25, -0.2) is 4.90 Å². The van der Waals surface area contributed by atoms with Crippen molar-refractivity contribution in [1.82, 2.24) is 0 Å². The standard InChI is InChI=1S/C24H20N2O2S/c1-17-6-5-9-21(16-17)26-23(27)22(29-24(26)28)25-20-14-12-19(13-15-20)11-10-18-7-3-2-4-8-18/h2-16,22,25H,1H3/b11-10+. The van der Waals surface area contributed by atoms with Crippen LogP contribution in [0.4, 0.5) is 16.2 Å². The van der Waals surface area contributed by atoms with Crippen LogP contribution in [0.2, 0.25) is 0 Å². The van der Waals surface area contributed by atoms with Crippen LogP contribution in [0.5, 0.6) is 0 Å². The van der Waals surface area contributed by atoms with Gasteiger partial charge in [0.05, 0.1) is 5.69 Å². The van der Waals surface area contributed by atoms with Crippen molar-refractivity contribution >= 4 is 46.4 Å². The minimum absolute atomic E-state index is 0.251. The van der Waals surface area contributed by atoms with Gasteiger partial charge in [0.2, 0.25) is 0 Å². The molecule has 3 aromatic rings. The van der Waals surface area contributed by atoms with Gasteiger partial charge in [-0.3, -0.25) is 9.59 Å². The number of thioether (sulfide) groups is 1. The molecule has 29 heavy (non-hydrogen) atoms. The molecule has 144 valence electrons. The lowest BCUT2D eigenvalue weighted by atomic mass is 10.1. The van der Waals surface area contributed by atoms with Gasteiger partial charge in [-0.2, -0.15) is 0 Å². The molecule has 0 spiro atoms. The summed E-state index contributed by atoms with van der Waals surface area (Å²) in [6.45, 7) is 1.94. The van der Waals surface area contributed by atoms with E-state index in [9.17, 15) is 9.59 Å². The zero-order chi connectivity index (χ0) is 20.2. The first-order valence-electron chi connectivity index (χ1n) is 9.31. The molecular weight excluding hydrogens is 380 g/mol. The Morgan fingerprint density at radius 3 is 2.24 bits per heavy atom. The number of amides is 2. The van der Waals surface area contributed by atoms with Gasteiger partial charge >= 0.3 is 0 Å². The number of anilines is 2. The molecule has 0 aliphatic carbocycles. The molecule has 3 aromatic carbocycles. The predicted molar refractivity (Wildman–Crippen MR) is 121 cm³/mol. The van der Waals surface area contributed by atoms with E-state index in [0.29, 0.717) is 5.69 Å². The fourth-order valence-electron chi connectivity index (χ4n) is 3.10. The van der Waals surface area contributed by atoms with E-state index in [1.165, 1.54) is 4.90 Å². The van der Waals surface area contributed by atoms with Crippen LogP contribution in [0.3, 0.4) is 0 Å². The van der Waals surface area contributed by atoms with E-state index in [-0.39, 0.29) is 11.1 Å². The number of hydrogen-bond donors (Lipinski definition) is 1. The molecule has 1 N–H and O–H groups in total. The summed E-state index contributed by atoms with van der Waals surface area (Å²) in [6, 6.07) is 25.3. The third-order valence-electron chi connectivity index (χ3n) is 4.58. The number of nitrogens with one attached hydrogen (secondary N) is 1. The second kappa shape index (κ2) is 8.37. The van der Waals surface area contributed by atoms with E-state index in [1.54, 1.807) is 6.07 Å². The summed E-state index contributed by atoms with van der Waals surface area (Å²) < 4.78 is 0. The average molecular weight is 401 g/mol. The molecular formula is C24H20N2O2S. The molecule has 0 bridgehead atoms. The van der Waals surface area contributed by atoms with Crippen molar-refractivity contribution in [2.75, 3.05) is 10.2 Å². The predicted octanol–water partition coefficient (Wildman–Crippen LogP) is 5.80. The number of nitrogens with zero attached hydrogens (tertiary/aromatic N) is 1. The van der Waals surface area contributed by atoms with Crippen molar-refractivity contribution in [1.29, 1.82) is 0 Å². The van der Waals surface area contributed by atoms with Gasteiger partial charge in [-0.1, -0.05) is 66.7 Å². The van der Waals surface area contributed by atoms with Crippen LogP contribution in [0, 0.1) is 6.92 Å². The molecule has 1 unspecified atom stereocenters. The average Bonchev–Trinajstić information content (AvgIpc) is 3.01. The maximum atomic E-state index is 12.8. The van der Waals surface area contributed by atoms with Crippen LogP contribution in [0.25, 0.3) is 12.2 Å². The van der Waals surface area contributed by atoms with E-state index in [4.69, 9.17) is 0 Å². The highest BCUT2D eigenvalue weighted by Gasteiger charge is 2.40. The topological polar surface area (TPSA) is 49.4 Å². The zero-order valence-corrected chi connectivity index (χ0v) is 16.7. The molecule has 1 heterocycles. The van der Waals surface area contributed by atoms with Crippen LogP contribution in [0.15, 0.2) is 78.9 Å². The first-order valence-corrected chi connectivity index (χ1v) is 10.2. The Bertz CT molecular complexity index is 1060. The van der Waals surface area contributed by atoms with Crippen molar-refractivity contribution in [3.8, 4) is 0 Å². The Kier molecular flexibility index (Phi) is 5.49. The smallest absolute Gasteiger partial charge is 0.295 e. The van der Waals surface area contributed by atoms with Gasteiger partial charge in [-0.15, -0.1) is 0 Å². The van der Waals surface area contributed by atoms with E-state index < -0.39 is 5.37 Å². The third-order valence-corrected chi connectivity index (χ3v) is 5.52. The van der Waals surface area contributed by atoms with E-state index in [0.717, 1.165) is 34.1 Å². The van der Waals surface area contributed by atoms with E-state index >= 15 is 0 Å². The Balaban J connectivity index is 1.43. The Hall–Kier alpha value is -3.31. The van der Waals surface area contributed by atoms with Gasteiger partial charge in [0, 0.05) is 5.69 Å². The first-order chi connectivity index (χ1) is 14.1. The molecule has 1 aliphatic rings. The minimum atomic E-state index is -0.631. The highest BCUT2D eigenvalue weighted by Crippen LogP contribution is 2.32. The van der Waals surface area contributed by atoms with E-state index in [2.05, 4.69) is 11.4 Å². The molecule has 5 heteroatoms. The molecule has 1 aliphatic heterocycles. The summed E-state index contributed by atoms with van der Waals surface area (Å²) in [5.41, 5.74) is 4.60. The summed E-state index contributed by atoms with van der Waals surface area (Å²) in [4.78, 5) is 26.4. The third kappa shape index (κ3) is 4.41. The number of carbonyl (C=O) groups excluding carboxylic acids is 2. The Morgan fingerprint density at radius 1 is 0.862 bits per heavy atom. The Labute approximate surface area is 174 Å². The number of rotatable bonds is 5. The molecule has 4 rings (SSSR count). The van der Waals surface area contributed by atoms with Gasteiger partial charge in [0.15, 0.2) is 5.37 Å². The molecule has 4 nitrogen and oxygen atoms in total. The first kappa shape index (κ1) is 19.0. The van der Waals surface area contributed by atoms with Gasteiger partial charge in [0.25, 0.3) is 11.1 Å².